The number of amides is 1. The number of ether oxygens (including phenoxy) is 1. The van der Waals surface area contributed by atoms with Crippen LogP contribution in [0, 0.1) is 6.92 Å². The summed E-state index contributed by atoms with van der Waals surface area (Å²) >= 11 is 0. The van der Waals surface area contributed by atoms with Crippen molar-refractivity contribution in [2.75, 3.05) is 13.1 Å². The third-order valence-electron chi connectivity index (χ3n) is 3.35. The van der Waals surface area contributed by atoms with Gasteiger partial charge in [0, 0.05) is 24.9 Å². The fourth-order valence-electron chi connectivity index (χ4n) is 2.37. The number of carbonyl (C=O) groups excluding carboxylic acids is 1. The monoisotopic (exact) mass is 288 g/mol. The van der Waals surface area contributed by atoms with Gasteiger partial charge in [-0.05, 0) is 19.8 Å². The van der Waals surface area contributed by atoms with Crippen LogP contribution in [0.4, 0.5) is 0 Å². The predicted molar refractivity (Wildman–Crippen MR) is 72.8 cm³/mol. The summed E-state index contributed by atoms with van der Waals surface area (Å²) in [5, 5.41) is 3.77. The zero-order valence-electron chi connectivity index (χ0n) is 11.7. The smallest absolute Gasteiger partial charge is 0.276 e. The van der Waals surface area contributed by atoms with Crippen molar-refractivity contribution < 1.29 is 14.1 Å². The summed E-state index contributed by atoms with van der Waals surface area (Å²) in [6, 6.07) is 3.36. The first-order valence-corrected chi connectivity index (χ1v) is 6.87. The van der Waals surface area contributed by atoms with Crippen molar-refractivity contribution in [1.29, 1.82) is 0 Å². The Balaban J connectivity index is 1.64. The highest BCUT2D eigenvalue weighted by Crippen LogP contribution is 2.18. The summed E-state index contributed by atoms with van der Waals surface area (Å²) in [6.45, 7) is 2.99. The third kappa shape index (κ3) is 3.18. The topological polar surface area (TPSA) is 81.4 Å². The van der Waals surface area contributed by atoms with Crippen LogP contribution >= 0.6 is 0 Å². The number of aromatic nitrogens is 3. The van der Waals surface area contributed by atoms with Gasteiger partial charge in [0.2, 0.25) is 5.88 Å². The highest BCUT2D eigenvalue weighted by molar-refractivity contribution is 5.92. The number of carbonyl (C=O) groups is 1. The number of hydrogen-bond acceptors (Lipinski definition) is 6. The van der Waals surface area contributed by atoms with Crippen LogP contribution in [0.3, 0.4) is 0 Å². The van der Waals surface area contributed by atoms with Gasteiger partial charge in [-0.1, -0.05) is 5.16 Å². The van der Waals surface area contributed by atoms with E-state index >= 15 is 0 Å². The van der Waals surface area contributed by atoms with Crippen LogP contribution in [-0.4, -0.2) is 45.1 Å². The van der Waals surface area contributed by atoms with Crippen molar-refractivity contribution >= 4 is 5.91 Å². The second-order valence-electron chi connectivity index (χ2n) is 5.00. The molecular weight excluding hydrogens is 272 g/mol. The van der Waals surface area contributed by atoms with Crippen molar-refractivity contribution in [1.82, 2.24) is 20.0 Å². The molecule has 2 aromatic heterocycles. The minimum atomic E-state index is -0.122. The van der Waals surface area contributed by atoms with Gasteiger partial charge in [0.1, 0.15) is 18.2 Å². The van der Waals surface area contributed by atoms with E-state index in [0.29, 0.717) is 30.4 Å². The van der Waals surface area contributed by atoms with E-state index in [1.807, 2.05) is 0 Å². The molecule has 0 saturated carbocycles. The zero-order valence-corrected chi connectivity index (χ0v) is 11.7. The van der Waals surface area contributed by atoms with Gasteiger partial charge < -0.3 is 14.2 Å². The summed E-state index contributed by atoms with van der Waals surface area (Å²) in [4.78, 5) is 22.0. The Bertz CT molecular complexity index is 614. The molecule has 7 nitrogen and oxygen atoms in total. The highest BCUT2D eigenvalue weighted by atomic mass is 16.5. The minimum absolute atomic E-state index is 0.0643. The summed E-state index contributed by atoms with van der Waals surface area (Å²) < 4.78 is 10.7. The van der Waals surface area contributed by atoms with E-state index in [1.165, 1.54) is 6.33 Å². The van der Waals surface area contributed by atoms with Crippen molar-refractivity contribution in [2.24, 2.45) is 0 Å². The molecule has 1 aliphatic heterocycles. The molecular formula is C14H16N4O3. The molecule has 110 valence electrons. The fourth-order valence-corrected chi connectivity index (χ4v) is 2.37. The Labute approximate surface area is 121 Å². The molecule has 0 bridgehead atoms. The van der Waals surface area contributed by atoms with Crippen LogP contribution in [0.25, 0.3) is 0 Å². The average Bonchev–Trinajstić information content (AvgIpc) is 2.94. The maximum absolute atomic E-state index is 12.3. The maximum atomic E-state index is 12.3. The van der Waals surface area contributed by atoms with E-state index in [4.69, 9.17) is 9.26 Å². The van der Waals surface area contributed by atoms with Crippen molar-refractivity contribution in [2.45, 2.75) is 25.9 Å². The van der Waals surface area contributed by atoms with Crippen LogP contribution < -0.4 is 4.74 Å². The average molecular weight is 288 g/mol. The van der Waals surface area contributed by atoms with E-state index in [2.05, 4.69) is 15.1 Å². The van der Waals surface area contributed by atoms with E-state index in [9.17, 15) is 4.79 Å². The van der Waals surface area contributed by atoms with E-state index in [-0.39, 0.29) is 12.0 Å². The molecule has 1 amide bonds. The molecule has 1 fully saturated rings. The standard InChI is InChI=1S/C14H16N4O3/c1-10-7-12(17-21-10)14(19)18-6-2-3-11(8-18)20-13-4-5-15-9-16-13/h4-5,7,9,11H,2-3,6,8H2,1H3/t11-/m1/s1. The molecule has 1 atom stereocenters. The molecule has 0 N–H and O–H groups in total. The van der Waals surface area contributed by atoms with Crippen LogP contribution in [0.5, 0.6) is 5.88 Å². The SMILES string of the molecule is Cc1cc(C(=O)N2CCC[C@@H](Oc3ccncn3)C2)no1. The van der Waals surface area contributed by atoms with Gasteiger partial charge in [-0.25, -0.2) is 9.97 Å². The Morgan fingerprint density at radius 2 is 2.43 bits per heavy atom. The lowest BCUT2D eigenvalue weighted by atomic mass is 10.1. The van der Waals surface area contributed by atoms with Gasteiger partial charge in [0.05, 0.1) is 6.54 Å². The minimum Gasteiger partial charge on any atom is -0.472 e. The molecule has 1 saturated heterocycles. The quantitative estimate of drug-likeness (QED) is 0.850. The number of aryl methyl sites for hydroxylation is 1. The van der Waals surface area contributed by atoms with E-state index in [0.717, 1.165) is 12.8 Å². The van der Waals surface area contributed by atoms with Gasteiger partial charge in [0.25, 0.3) is 5.91 Å². The Morgan fingerprint density at radius 3 is 3.14 bits per heavy atom. The summed E-state index contributed by atoms with van der Waals surface area (Å²) in [5.41, 5.74) is 0.343. The Morgan fingerprint density at radius 1 is 1.52 bits per heavy atom. The van der Waals surface area contributed by atoms with E-state index < -0.39 is 0 Å². The molecule has 0 radical (unpaired) electrons. The van der Waals surface area contributed by atoms with Gasteiger partial charge in [-0.3, -0.25) is 4.79 Å². The van der Waals surface area contributed by atoms with Crippen molar-refractivity contribution in [3.8, 4) is 5.88 Å². The van der Waals surface area contributed by atoms with Crippen LogP contribution in [0.2, 0.25) is 0 Å². The maximum Gasteiger partial charge on any atom is 0.276 e. The Kier molecular flexibility index (Phi) is 3.81. The van der Waals surface area contributed by atoms with Crippen LogP contribution in [0.15, 0.2) is 29.2 Å². The van der Waals surface area contributed by atoms with Crippen LogP contribution in [0.1, 0.15) is 29.1 Å². The number of hydrogen-bond donors (Lipinski definition) is 0. The number of nitrogens with zero attached hydrogens (tertiary/aromatic N) is 4. The second-order valence-corrected chi connectivity index (χ2v) is 5.00. The molecule has 1 aliphatic rings. The van der Waals surface area contributed by atoms with Crippen molar-refractivity contribution in [3.05, 3.63) is 36.1 Å². The Hall–Kier alpha value is -2.44. The first kappa shape index (κ1) is 13.5. The van der Waals surface area contributed by atoms with Gasteiger partial charge in [0.15, 0.2) is 5.69 Å². The molecule has 0 spiro atoms. The predicted octanol–water partition coefficient (Wildman–Crippen LogP) is 1.46. The van der Waals surface area contributed by atoms with E-state index in [1.54, 1.807) is 30.2 Å². The van der Waals surface area contributed by atoms with Gasteiger partial charge in [-0.2, -0.15) is 0 Å². The molecule has 0 aromatic carbocycles. The lowest BCUT2D eigenvalue weighted by molar-refractivity contribution is 0.0518. The first-order valence-electron chi connectivity index (χ1n) is 6.87. The van der Waals surface area contributed by atoms with Gasteiger partial charge in [-0.15, -0.1) is 0 Å². The lowest BCUT2D eigenvalue weighted by Crippen LogP contribution is -2.44. The largest absolute Gasteiger partial charge is 0.472 e. The summed E-state index contributed by atoms with van der Waals surface area (Å²) in [6.07, 6.45) is 4.79. The first-order chi connectivity index (χ1) is 10.2. The third-order valence-corrected chi connectivity index (χ3v) is 3.35. The molecule has 0 aliphatic carbocycles. The highest BCUT2D eigenvalue weighted by Gasteiger charge is 2.27. The molecule has 3 rings (SSSR count). The number of rotatable bonds is 3. The van der Waals surface area contributed by atoms with Crippen molar-refractivity contribution in [3.63, 3.8) is 0 Å². The molecule has 3 heterocycles. The molecule has 7 heteroatoms. The number of piperidine rings is 1. The zero-order chi connectivity index (χ0) is 14.7. The molecule has 0 unspecified atom stereocenters. The second kappa shape index (κ2) is 5.90. The lowest BCUT2D eigenvalue weighted by Gasteiger charge is -2.32. The number of likely N-dealkylation sites (tertiary alicyclic amines) is 1. The normalized spacial score (nSPS) is 18.5. The van der Waals surface area contributed by atoms with Gasteiger partial charge >= 0.3 is 0 Å². The molecule has 2 aromatic rings. The summed E-state index contributed by atoms with van der Waals surface area (Å²) in [5.74, 6) is 1.04. The summed E-state index contributed by atoms with van der Waals surface area (Å²) in [7, 11) is 0. The fraction of sp³-hybridized carbons (Fsp3) is 0.429. The molecule has 21 heavy (non-hydrogen) atoms. The van der Waals surface area contributed by atoms with Crippen LogP contribution in [-0.2, 0) is 0 Å².